The Kier molecular flexibility index (Phi) is 4.46. The Balaban J connectivity index is 1.73. The number of piperidine rings is 1. The van der Waals surface area contributed by atoms with Crippen LogP contribution in [0.1, 0.15) is 43.2 Å². The summed E-state index contributed by atoms with van der Waals surface area (Å²) in [6.45, 7) is 1.18. The molecule has 24 heavy (non-hydrogen) atoms. The number of halogens is 3. The Morgan fingerprint density at radius 2 is 1.92 bits per heavy atom. The van der Waals surface area contributed by atoms with Crippen molar-refractivity contribution in [1.82, 2.24) is 10.2 Å². The fourth-order valence-electron chi connectivity index (χ4n) is 3.67. The van der Waals surface area contributed by atoms with E-state index in [1.807, 2.05) is 0 Å². The summed E-state index contributed by atoms with van der Waals surface area (Å²) in [5, 5.41) is 3.58. The van der Waals surface area contributed by atoms with Crippen LogP contribution in [0.4, 0.5) is 18.0 Å². The fourth-order valence-corrected chi connectivity index (χ4v) is 3.67. The first-order valence-electron chi connectivity index (χ1n) is 8.30. The summed E-state index contributed by atoms with van der Waals surface area (Å²) < 4.78 is 39.0. The average Bonchev–Trinajstić information content (AvgIpc) is 2.50. The molecular formula is C17H22F3N3O. The summed E-state index contributed by atoms with van der Waals surface area (Å²) in [6, 6.07) is 5.42. The predicted octanol–water partition coefficient (Wildman–Crippen LogP) is 3.22. The lowest BCUT2D eigenvalue weighted by atomic mass is 9.70. The number of primary amides is 1. The predicted molar refractivity (Wildman–Crippen MR) is 84.3 cm³/mol. The van der Waals surface area contributed by atoms with Gasteiger partial charge in [0.15, 0.2) is 0 Å². The highest BCUT2D eigenvalue weighted by atomic mass is 19.4. The van der Waals surface area contributed by atoms with Crippen LogP contribution in [-0.4, -0.2) is 30.1 Å². The van der Waals surface area contributed by atoms with Crippen LogP contribution in [-0.2, 0) is 11.7 Å². The summed E-state index contributed by atoms with van der Waals surface area (Å²) >= 11 is 0. The van der Waals surface area contributed by atoms with Gasteiger partial charge >= 0.3 is 12.2 Å². The monoisotopic (exact) mass is 341 g/mol. The van der Waals surface area contributed by atoms with Crippen molar-refractivity contribution in [2.24, 2.45) is 5.73 Å². The molecule has 3 rings (SSSR count). The van der Waals surface area contributed by atoms with Crippen LogP contribution >= 0.6 is 0 Å². The van der Waals surface area contributed by atoms with E-state index in [0.717, 1.165) is 38.2 Å². The number of rotatable bonds is 3. The number of nitrogens with two attached hydrogens (primary N) is 1. The van der Waals surface area contributed by atoms with E-state index in [1.165, 1.54) is 12.1 Å². The molecule has 1 heterocycles. The molecule has 0 atom stereocenters. The molecule has 7 heteroatoms. The second kappa shape index (κ2) is 6.27. The molecule has 132 valence electrons. The van der Waals surface area contributed by atoms with Gasteiger partial charge in [-0.15, -0.1) is 0 Å². The molecule has 3 N–H and O–H groups in total. The van der Waals surface area contributed by atoms with Gasteiger partial charge in [-0.1, -0.05) is 12.1 Å². The standard InChI is InChI=1S/C17H22F3N3O/c18-17(19,20)13-4-1-3-12(11-13)16(7-2-8-16)22-14-5-9-23(10-6-14)15(21)24/h1,3-4,11,14,22H,2,5-10H2,(H2,21,24). The number of alkyl halides is 3. The van der Waals surface area contributed by atoms with Crippen LogP contribution in [0.15, 0.2) is 24.3 Å². The zero-order valence-corrected chi connectivity index (χ0v) is 13.4. The van der Waals surface area contributed by atoms with Crippen LogP contribution < -0.4 is 11.1 Å². The summed E-state index contributed by atoms with van der Waals surface area (Å²) in [4.78, 5) is 12.8. The van der Waals surface area contributed by atoms with Crippen molar-refractivity contribution in [3.05, 3.63) is 35.4 Å². The third-order valence-electron chi connectivity index (χ3n) is 5.24. The maximum Gasteiger partial charge on any atom is 0.416 e. The van der Waals surface area contributed by atoms with E-state index in [4.69, 9.17) is 5.73 Å². The van der Waals surface area contributed by atoms with Gasteiger partial charge in [-0.05, 0) is 49.8 Å². The maximum absolute atomic E-state index is 13.0. The van der Waals surface area contributed by atoms with Crippen molar-refractivity contribution < 1.29 is 18.0 Å². The molecular weight excluding hydrogens is 319 g/mol. The van der Waals surface area contributed by atoms with Gasteiger partial charge < -0.3 is 16.0 Å². The topological polar surface area (TPSA) is 58.4 Å². The first-order chi connectivity index (χ1) is 11.3. The Morgan fingerprint density at radius 1 is 1.25 bits per heavy atom. The third kappa shape index (κ3) is 3.36. The normalized spacial score (nSPS) is 21.4. The van der Waals surface area contributed by atoms with Gasteiger partial charge in [-0.3, -0.25) is 0 Å². The lowest BCUT2D eigenvalue weighted by Gasteiger charge is -2.47. The molecule has 0 unspecified atom stereocenters. The van der Waals surface area contributed by atoms with Crippen LogP contribution in [0, 0.1) is 0 Å². The van der Waals surface area contributed by atoms with E-state index in [-0.39, 0.29) is 11.6 Å². The molecule has 1 saturated carbocycles. The number of carbonyl (C=O) groups excluding carboxylic acids is 1. The van der Waals surface area contributed by atoms with Gasteiger partial charge in [0.25, 0.3) is 0 Å². The average molecular weight is 341 g/mol. The minimum Gasteiger partial charge on any atom is -0.351 e. The van der Waals surface area contributed by atoms with Crippen molar-refractivity contribution in [2.75, 3.05) is 13.1 Å². The van der Waals surface area contributed by atoms with Gasteiger partial charge in [0.1, 0.15) is 0 Å². The summed E-state index contributed by atoms with van der Waals surface area (Å²) in [6.07, 6.45) is -0.112. The Labute approximate surface area is 139 Å². The number of likely N-dealkylation sites (tertiary alicyclic amines) is 1. The van der Waals surface area contributed by atoms with Crippen LogP contribution in [0.2, 0.25) is 0 Å². The maximum atomic E-state index is 13.0. The van der Waals surface area contributed by atoms with E-state index in [1.54, 1.807) is 11.0 Å². The van der Waals surface area contributed by atoms with Crippen LogP contribution in [0.25, 0.3) is 0 Å². The summed E-state index contributed by atoms with van der Waals surface area (Å²) in [5.41, 5.74) is 5.02. The Morgan fingerprint density at radius 3 is 2.42 bits per heavy atom. The molecule has 0 bridgehead atoms. The molecule has 1 aromatic rings. The minimum absolute atomic E-state index is 0.190. The number of hydrogen-bond acceptors (Lipinski definition) is 2. The summed E-state index contributed by atoms with van der Waals surface area (Å²) in [5.74, 6) is 0. The van der Waals surface area contributed by atoms with Crippen molar-refractivity contribution >= 4 is 6.03 Å². The Bertz CT molecular complexity index is 605. The van der Waals surface area contributed by atoms with Crippen molar-refractivity contribution in [3.63, 3.8) is 0 Å². The van der Waals surface area contributed by atoms with E-state index in [2.05, 4.69) is 5.32 Å². The number of carbonyl (C=O) groups is 1. The van der Waals surface area contributed by atoms with Gasteiger partial charge in [-0.2, -0.15) is 13.2 Å². The smallest absolute Gasteiger partial charge is 0.351 e. The molecule has 1 aromatic carbocycles. The van der Waals surface area contributed by atoms with Crippen LogP contribution in [0.5, 0.6) is 0 Å². The van der Waals surface area contributed by atoms with Gasteiger partial charge in [0, 0.05) is 24.7 Å². The van der Waals surface area contributed by atoms with E-state index >= 15 is 0 Å². The quantitative estimate of drug-likeness (QED) is 0.887. The molecule has 2 amide bonds. The second-order valence-electron chi connectivity index (χ2n) is 6.76. The lowest BCUT2D eigenvalue weighted by Crippen LogP contribution is -2.56. The summed E-state index contributed by atoms with van der Waals surface area (Å²) in [7, 11) is 0. The van der Waals surface area contributed by atoms with Gasteiger partial charge in [0.05, 0.1) is 5.56 Å². The van der Waals surface area contributed by atoms with Gasteiger partial charge in [0.2, 0.25) is 0 Å². The molecule has 2 fully saturated rings. The third-order valence-corrected chi connectivity index (χ3v) is 5.24. The highest BCUT2D eigenvalue weighted by molar-refractivity contribution is 5.72. The molecule has 1 aliphatic heterocycles. The van der Waals surface area contributed by atoms with Crippen molar-refractivity contribution in [3.8, 4) is 0 Å². The first-order valence-corrected chi connectivity index (χ1v) is 8.30. The highest BCUT2D eigenvalue weighted by Crippen LogP contribution is 2.43. The van der Waals surface area contributed by atoms with Crippen molar-refractivity contribution in [2.45, 2.75) is 49.9 Å². The molecule has 2 aliphatic rings. The fraction of sp³-hybridized carbons (Fsp3) is 0.588. The Hall–Kier alpha value is -1.76. The molecule has 1 aliphatic carbocycles. The zero-order chi connectivity index (χ0) is 17.4. The SMILES string of the molecule is NC(=O)N1CCC(NC2(c3cccc(C(F)(F)F)c3)CCC2)CC1. The number of urea groups is 1. The second-order valence-corrected chi connectivity index (χ2v) is 6.76. The first kappa shape index (κ1) is 17.1. The molecule has 0 spiro atoms. The molecule has 0 radical (unpaired) electrons. The molecule has 4 nitrogen and oxygen atoms in total. The van der Waals surface area contributed by atoms with E-state index in [0.29, 0.717) is 18.7 Å². The lowest BCUT2D eigenvalue weighted by molar-refractivity contribution is -0.137. The number of nitrogens with zero attached hydrogens (tertiary/aromatic N) is 1. The molecule has 0 aromatic heterocycles. The largest absolute Gasteiger partial charge is 0.416 e. The number of hydrogen-bond donors (Lipinski definition) is 2. The van der Waals surface area contributed by atoms with Gasteiger partial charge in [-0.25, -0.2) is 4.79 Å². The van der Waals surface area contributed by atoms with E-state index in [9.17, 15) is 18.0 Å². The number of amides is 2. The zero-order valence-electron chi connectivity index (χ0n) is 13.4. The molecule has 1 saturated heterocycles. The van der Waals surface area contributed by atoms with E-state index < -0.39 is 17.8 Å². The van der Waals surface area contributed by atoms with Crippen molar-refractivity contribution in [1.29, 1.82) is 0 Å². The minimum atomic E-state index is -4.33. The highest BCUT2D eigenvalue weighted by Gasteiger charge is 2.42. The van der Waals surface area contributed by atoms with Crippen LogP contribution in [0.3, 0.4) is 0 Å². The number of benzene rings is 1. The number of nitrogens with one attached hydrogen (secondary N) is 1.